The predicted octanol–water partition coefficient (Wildman–Crippen LogP) is -1.17. The molecule has 0 amide bonds. The summed E-state index contributed by atoms with van der Waals surface area (Å²) >= 11 is 0. The molecule has 0 heterocycles. The van der Waals surface area contributed by atoms with Crippen LogP contribution >= 0.6 is 0 Å². The van der Waals surface area contributed by atoms with Gasteiger partial charge in [0, 0.05) is 13.2 Å². The van der Waals surface area contributed by atoms with Crippen LogP contribution in [-0.2, 0) is 10.1 Å². The van der Waals surface area contributed by atoms with E-state index in [-0.39, 0.29) is 18.9 Å². The Bertz CT molecular complexity index is 141. The lowest BCUT2D eigenvalue weighted by atomic mass is 10.8. The number of nitrogens with two attached hydrogens (primary N) is 1. The van der Waals surface area contributed by atoms with E-state index in [9.17, 15) is 8.42 Å². The van der Waals surface area contributed by atoms with E-state index in [1.807, 2.05) is 0 Å². The first-order valence-electron chi connectivity index (χ1n) is 2.74. The van der Waals surface area contributed by atoms with Gasteiger partial charge in [-0.15, -0.1) is 0 Å². The number of hydrogen-bond acceptors (Lipinski definition) is 4. The summed E-state index contributed by atoms with van der Waals surface area (Å²) in [7, 11) is -3.80. The van der Waals surface area contributed by atoms with Gasteiger partial charge in [-0.25, -0.2) is 0 Å². The molecule has 0 aromatic heterocycles. The van der Waals surface area contributed by atoms with Crippen molar-refractivity contribution in [1.29, 1.82) is 0 Å². The fraction of sp³-hybridized carbons (Fsp3) is 1.00. The standard InChI is InChI=1S/C2H7NO3S.C2H6O/c3-1-2-7(4,5)6;1-2-3/h1-3H2,(H,4,5,6);3H,2H2,1H3. The van der Waals surface area contributed by atoms with Crippen molar-refractivity contribution < 1.29 is 18.1 Å². The monoisotopic (exact) mass is 171 g/mol. The normalized spacial score (nSPS) is 10.0. The van der Waals surface area contributed by atoms with Crippen LogP contribution in [0.5, 0.6) is 0 Å². The molecule has 0 aliphatic heterocycles. The van der Waals surface area contributed by atoms with Gasteiger partial charge in [-0.1, -0.05) is 0 Å². The van der Waals surface area contributed by atoms with Gasteiger partial charge in [-0.3, -0.25) is 4.55 Å². The van der Waals surface area contributed by atoms with Crippen LogP contribution < -0.4 is 5.73 Å². The van der Waals surface area contributed by atoms with Gasteiger partial charge in [-0.05, 0) is 6.92 Å². The van der Waals surface area contributed by atoms with E-state index in [0.717, 1.165) is 0 Å². The van der Waals surface area contributed by atoms with Gasteiger partial charge in [0.15, 0.2) is 0 Å². The molecule has 0 aliphatic carbocycles. The molecule has 0 saturated heterocycles. The molecule has 0 fully saturated rings. The zero-order chi connectivity index (χ0) is 8.62. The molecule has 0 unspecified atom stereocenters. The molecular formula is C4H13NO4S. The number of rotatable bonds is 2. The van der Waals surface area contributed by atoms with Gasteiger partial charge in [-0.2, -0.15) is 8.42 Å². The first-order valence-corrected chi connectivity index (χ1v) is 4.35. The van der Waals surface area contributed by atoms with E-state index in [2.05, 4.69) is 0 Å². The third-order valence-corrected chi connectivity index (χ3v) is 1.13. The molecule has 64 valence electrons. The summed E-state index contributed by atoms with van der Waals surface area (Å²) in [5, 5.41) is 7.57. The lowest BCUT2D eigenvalue weighted by Crippen LogP contribution is -2.13. The Morgan fingerprint density at radius 2 is 1.80 bits per heavy atom. The molecule has 4 N–H and O–H groups in total. The second kappa shape index (κ2) is 6.94. The molecule has 0 atom stereocenters. The van der Waals surface area contributed by atoms with Crippen LogP contribution in [0.3, 0.4) is 0 Å². The van der Waals surface area contributed by atoms with Crippen molar-refractivity contribution >= 4 is 10.1 Å². The SMILES string of the molecule is CCO.NCCS(=O)(=O)O. The molecule has 0 radical (unpaired) electrons. The van der Waals surface area contributed by atoms with Crippen LogP contribution in [-0.4, -0.2) is 37.0 Å². The summed E-state index contributed by atoms with van der Waals surface area (Å²) in [5.74, 6) is -0.354. The van der Waals surface area contributed by atoms with Crippen molar-refractivity contribution in [2.24, 2.45) is 5.73 Å². The van der Waals surface area contributed by atoms with E-state index in [4.69, 9.17) is 15.4 Å². The van der Waals surface area contributed by atoms with Crippen LogP contribution in [0.4, 0.5) is 0 Å². The minimum absolute atomic E-state index is 0.0289. The zero-order valence-corrected chi connectivity index (χ0v) is 6.63. The number of hydrogen-bond donors (Lipinski definition) is 3. The van der Waals surface area contributed by atoms with Crippen molar-refractivity contribution in [2.45, 2.75) is 6.92 Å². The summed E-state index contributed by atoms with van der Waals surface area (Å²) in [6, 6.07) is 0. The summed E-state index contributed by atoms with van der Waals surface area (Å²) in [6.45, 7) is 1.90. The summed E-state index contributed by atoms with van der Waals surface area (Å²) in [6.07, 6.45) is 0. The van der Waals surface area contributed by atoms with Crippen LogP contribution in [0, 0.1) is 0 Å². The van der Waals surface area contributed by atoms with Gasteiger partial charge < -0.3 is 10.8 Å². The Kier molecular flexibility index (Phi) is 8.68. The maximum atomic E-state index is 9.71. The van der Waals surface area contributed by atoms with Gasteiger partial charge in [0.05, 0.1) is 5.75 Å². The molecule has 0 saturated carbocycles. The van der Waals surface area contributed by atoms with Gasteiger partial charge in [0.1, 0.15) is 0 Å². The minimum atomic E-state index is -3.80. The lowest BCUT2D eigenvalue weighted by molar-refractivity contribution is 0.318. The van der Waals surface area contributed by atoms with E-state index in [1.54, 1.807) is 6.92 Å². The number of aliphatic hydroxyl groups is 1. The summed E-state index contributed by atoms with van der Waals surface area (Å²) < 4.78 is 27.3. The fourth-order valence-corrected chi connectivity index (χ4v) is 0.447. The van der Waals surface area contributed by atoms with E-state index in [1.165, 1.54) is 0 Å². The van der Waals surface area contributed by atoms with Crippen molar-refractivity contribution in [3.63, 3.8) is 0 Å². The van der Waals surface area contributed by atoms with Gasteiger partial charge in [0.25, 0.3) is 10.1 Å². The maximum Gasteiger partial charge on any atom is 0.266 e. The van der Waals surface area contributed by atoms with Gasteiger partial charge >= 0.3 is 0 Å². The quantitative estimate of drug-likeness (QED) is 0.454. The average molecular weight is 171 g/mol. The minimum Gasteiger partial charge on any atom is -0.397 e. The van der Waals surface area contributed by atoms with E-state index >= 15 is 0 Å². The molecule has 0 aromatic carbocycles. The second-order valence-corrected chi connectivity index (χ2v) is 2.96. The first-order chi connectivity index (χ1) is 4.47. The van der Waals surface area contributed by atoms with E-state index in [0.29, 0.717) is 0 Å². The van der Waals surface area contributed by atoms with Gasteiger partial charge in [0.2, 0.25) is 0 Å². The largest absolute Gasteiger partial charge is 0.397 e. The van der Waals surface area contributed by atoms with Crippen LogP contribution in [0.2, 0.25) is 0 Å². The highest BCUT2D eigenvalue weighted by molar-refractivity contribution is 7.85. The van der Waals surface area contributed by atoms with Crippen LogP contribution in [0.25, 0.3) is 0 Å². The van der Waals surface area contributed by atoms with Crippen LogP contribution in [0.1, 0.15) is 6.92 Å². The Balaban J connectivity index is 0. The molecule has 6 heteroatoms. The number of aliphatic hydroxyl groups excluding tert-OH is 1. The fourth-order valence-electron chi connectivity index (χ4n) is 0.149. The van der Waals surface area contributed by atoms with Crippen molar-refractivity contribution in [2.75, 3.05) is 18.9 Å². The zero-order valence-electron chi connectivity index (χ0n) is 5.82. The van der Waals surface area contributed by atoms with Crippen molar-refractivity contribution in [1.82, 2.24) is 0 Å². The molecule has 10 heavy (non-hydrogen) atoms. The Hall–Kier alpha value is -0.170. The molecular weight excluding hydrogens is 158 g/mol. The van der Waals surface area contributed by atoms with Crippen LogP contribution in [0.15, 0.2) is 0 Å². The lowest BCUT2D eigenvalue weighted by Gasteiger charge is -1.86. The highest BCUT2D eigenvalue weighted by atomic mass is 32.2. The molecule has 0 spiro atoms. The third kappa shape index (κ3) is 24.9. The molecule has 5 nitrogen and oxygen atoms in total. The van der Waals surface area contributed by atoms with Crippen molar-refractivity contribution in [3.05, 3.63) is 0 Å². The average Bonchev–Trinajstić information content (AvgIpc) is 1.63. The Morgan fingerprint density at radius 3 is 1.80 bits per heavy atom. The Labute approximate surface area is 60.6 Å². The van der Waals surface area contributed by atoms with E-state index < -0.39 is 10.1 Å². The topological polar surface area (TPSA) is 101 Å². The summed E-state index contributed by atoms with van der Waals surface area (Å²) in [5.41, 5.74) is 4.78. The Morgan fingerprint density at radius 1 is 1.50 bits per heavy atom. The molecule has 0 aliphatic rings. The highest BCUT2D eigenvalue weighted by Gasteiger charge is 1.98. The highest BCUT2D eigenvalue weighted by Crippen LogP contribution is 1.74. The predicted molar refractivity (Wildman–Crippen MR) is 38.2 cm³/mol. The molecule has 0 bridgehead atoms. The smallest absolute Gasteiger partial charge is 0.266 e. The molecule has 0 aromatic rings. The summed E-state index contributed by atoms with van der Waals surface area (Å²) in [4.78, 5) is 0. The maximum absolute atomic E-state index is 9.71. The second-order valence-electron chi connectivity index (χ2n) is 1.39. The first kappa shape index (κ1) is 12.5. The third-order valence-electron chi connectivity index (χ3n) is 0.376. The van der Waals surface area contributed by atoms with Crippen molar-refractivity contribution in [3.8, 4) is 0 Å². The molecule has 0 rings (SSSR count).